The van der Waals surface area contributed by atoms with Crippen LogP contribution in [0.25, 0.3) is 10.9 Å². The van der Waals surface area contributed by atoms with Gasteiger partial charge in [-0.1, -0.05) is 34.1 Å². The monoisotopic (exact) mass is 325 g/mol. The molecule has 0 aliphatic carbocycles. The highest BCUT2D eigenvalue weighted by Crippen LogP contribution is 2.39. The van der Waals surface area contributed by atoms with E-state index in [9.17, 15) is 0 Å². The number of benzene rings is 2. The molecule has 0 saturated carbocycles. The maximum Gasteiger partial charge on any atom is 0.130 e. The fraction of sp³-hybridized carbons (Fsp3) is 0.0588. The van der Waals surface area contributed by atoms with Crippen molar-refractivity contribution in [2.75, 3.05) is 0 Å². The lowest BCUT2D eigenvalue weighted by Gasteiger charge is -2.20. The summed E-state index contributed by atoms with van der Waals surface area (Å²) < 4.78 is 6.68. The molecule has 0 saturated heterocycles. The number of rotatable bonds is 1. The van der Waals surface area contributed by atoms with Crippen molar-refractivity contribution in [2.24, 2.45) is 0 Å². The van der Waals surface area contributed by atoms with E-state index in [2.05, 4.69) is 63.5 Å². The van der Waals surface area contributed by atoms with Crippen LogP contribution in [0.2, 0.25) is 0 Å². The average Bonchev–Trinajstić information content (AvgIpc) is 2.89. The molecule has 1 unspecified atom stereocenters. The van der Waals surface area contributed by atoms with E-state index >= 15 is 0 Å². The Bertz CT molecular complexity index is 819. The summed E-state index contributed by atoms with van der Waals surface area (Å²) in [5.74, 6) is 1.16. The van der Waals surface area contributed by atoms with Gasteiger partial charge in [-0.15, -0.1) is 0 Å². The molecule has 0 spiro atoms. The predicted octanol–water partition coefficient (Wildman–Crippen LogP) is 4.97. The first-order valence-electron chi connectivity index (χ1n) is 6.52. The van der Waals surface area contributed by atoms with Crippen LogP contribution in [-0.2, 0) is 0 Å². The Hall–Kier alpha value is -2.00. The third-order valence-corrected chi connectivity index (χ3v) is 4.22. The van der Waals surface area contributed by atoms with Gasteiger partial charge in [0.05, 0.1) is 6.26 Å². The van der Waals surface area contributed by atoms with Crippen molar-refractivity contribution in [3.63, 3.8) is 0 Å². The topological polar surface area (TPSA) is 25.0 Å². The zero-order valence-electron chi connectivity index (χ0n) is 10.6. The van der Waals surface area contributed by atoms with Gasteiger partial charge in [-0.05, 0) is 35.9 Å². The van der Waals surface area contributed by atoms with Gasteiger partial charge in [-0.2, -0.15) is 0 Å². The number of hydrogen-bond acceptors (Lipinski definition) is 1. The lowest BCUT2D eigenvalue weighted by Crippen LogP contribution is -2.04. The Balaban J connectivity index is 1.93. The Kier molecular flexibility index (Phi) is 2.67. The average molecular weight is 326 g/mol. The van der Waals surface area contributed by atoms with Crippen LogP contribution in [0, 0.1) is 0 Å². The summed E-state index contributed by atoms with van der Waals surface area (Å²) in [5.41, 5.74) is 3.63. The minimum absolute atomic E-state index is 0.225. The maximum atomic E-state index is 5.59. The van der Waals surface area contributed by atoms with Crippen LogP contribution in [0.1, 0.15) is 17.0 Å². The molecule has 1 aliphatic rings. The van der Waals surface area contributed by atoms with Gasteiger partial charge < -0.3 is 9.72 Å². The molecule has 20 heavy (non-hydrogen) atoms. The van der Waals surface area contributed by atoms with Crippen molar-refractivity contribution >= 4 is 26.8 Å². The van der Waals surface area contributed by atoms with E-state index in [0.29, 0.717) is 0 Å². The van der Waals surface area contributed by atoms with E-state index in [-0.39, 0.29) is 5.92 Å². The Morgan fingerprint density at radius 2 is 1.95 bits per heavy atom. The normalized spacial score (nSPS) is 16.9. The minimum atomic E-state index is 0.225. The lowest BCUT2D eigenvalue weighted by molar-refractivity contribution is 0.459. The van der Waals surface area contributed by atoms with E-state index < -0.39 is 0 Å². The van der Waals surface area contributed by atoms with E-state index in [1.165, 1.54) is 16.5 Å². The number of nitrogens with one attached hydrogen (secondary N) is 1. The lowest BCUT2D eigenvalue weighted by atomic mass is 9.89. The van der Waals surface area contributed by atoms with Gasteiger partial charge in [0.1, 0.15) is 5.75 Å². The number of hydrogen-bond donors (Lipinski definition) is 1. The van der Waals surface area contributed by atoms with Gasteiger partial charge in [-0.3, -0.25) is 0 Å². The number of H-pyrrole nitrogens is 1. The second-order valence-electron chi connectivity index (χ2n) is 4.90. The molecule has 2 nitrogen and oxygen atoms in total. The van der Waals surface area contributed by atoms with Crippen LogP contribution >= 0.6 is 15.9 Å². The summed E-state index contributed by atoms with van der Waals surface area (Å²) in [4.78, 5) is 3.35. The third kappa shape index (κ3) is 1.78. The van der Waals surface area contributed by atoms with Crippen LogP contribution in [-0.4, -0.2) is 4.98 Å². The molecule has 1 atom stereocenters. The van der Waals surface area contributed by atoms with E-state index in [1.807, 2.05) is 12.1 Å². The van der Waals surface area contributed by atoms with Gasteiger partial charge in [0.15, 0.2) is 0 Å². The molecule has 2 aromatic carbocycles. The van der Waals surface area contributed by atoms with Gasteiger partial charge in [0.2, 0.25) is 0 Å². The summed E-state index contributed by atoms with van der Waals surface area (Å²) in [5, 5.41) is 1.24. The second-order valence-corrected chi connectivity index (χ2v) is 5.81. The molecule has 4 rings (SSSR count). The number of para-hydroxylation sites is 1. The molecule has 1 aromatic heterocycles. The van der Waals surface area contributed by atoms with Crippen molar-refractivity contribution in [1.82, 2.24) is 4.98 Å². The maximum absolute atomic E-state index is 5.59. The molecule has 98 valence electrons. The first-order chi connectivity index (χ1) is 9.83. The molecule has 0 amide bonds. The highest BCUT2D eigenvalue weighted by molar-refractivity contribution is 9.10. The van der Waals surface area contributed by atoms with Crippen LogP contribution < -0.4 is 4.74 Å². The number of ether oxygens (including phenoxy) is 1. The quantitative estimate of drug-likeness (QED) is 0.671. The molecular formula is C17H12BrNO. The van der Waals surface area contributed by atoms with Gasteiger partial charge in [0, 0.05) is 33.1 Å². The zero-order valence-corrected chi connectivity index (χ0v) is 12.2. The van der Waals surface area contributed by atoms with Gasteiger partial charge >= 0.3 is 0 Å². The SMILES string of the molecule is Brc1ccc2[nH]cc(C3C=COc4ccccc43)c2c1. The predicted molar refractivity (Wildman–Crippen MR) is 84.1 cm³/mol. The Morgan fingerprint density at radius 3 is 2.90 bits per heavy atom. The number of aromatic nitrogens is 1. The Labute approximate surface area is 125 Å². The minimum Gasteiger partial charge on any atom is -0.465 e. The zero-order chi connectivity index (χ0) is 13.5. The standard InChI is InChI=1S/C17H12BrNO/c18-11-5-6-16-14(9-11)15(10-19-16)12-7-8-20-17-4-2-1-3-13(12)17/h1-10,12,19H. The summed E-state index contributed by atoms with van der Waals surface area (Å²) >= 11 is 3.55. The van der Waals surface area contributed by atoms with Crippen molar-refractivity contribution < 1.29 is 4.74 Å². The number of fused-ring (bicyclic) bond motifs is 2. The largest absolute Gasteiger partial charge is 0.465 e. The molecule has 2 heterocycles. The van der Waals surface area contributed by atoms with Crippen LogP contribution in [0.15, 0.2) is 65.5 Å². The van der Waals surface area contributed by atoms with E-state index in [1.54, 1.807) is 6.26 Å². The van der Waals surface area contributed by atoms with E-state index in [4.69, 9.17) is 4.74 Å². The van der Waals surface area contributed by atoms with Gasteiger partial charge in [-0.25, -0.2) is 0 Å². The summed E-state index contributed by atoms with van der Waals surface area (Å²) in [6.45, 7) is 0. The number of halogens is 1. The highest BCUT2D eigenvalue weighted by atomic mass is 79.9. The van der Waals surface area contributed by atoms with Crippen LogP contribution in [0.4, 0.5) is 0 Å². The van der Waals surface area contributed by atoms with Crippen LogP contribution in [0.5, 0.6) is 5.75 Å². The molecule has 3 heteroatoms. The highest BCUT2D eigenvalue weighted by Gasteiger charge is 2.21. The van der Waals surface area contributed by atoms with Crippen molar-refractivity contribution in [3.8, 4) is 5.75 Å². The number of aromatic amines is 1. The van der Waals surface area contributed by atoms with E-state index in [0.717, 1.165) is 15.7 Å². The van der Waals surface area contributed by atoms with Crippen LogP contribution in [0.3, 0.4) is 0 Å². The molecule has 0 fully saturated rings. The molecule has 3 aromatic rings. The summed E-state index contributed by atoms with van der Waals surface area (Å²) in [6.07, 6.45) is 5.98. The molecule has 0 radical (unpaired) electrons. The molecule has 1 N–H and O–H groups in total. The first kappa shape index (κ1) is 11.8. The third-order valence-electron chi connectivity index (χ3n) is 3.73. The second kappa shape index (κ2) is 4.53. The summed E-state index contributed by atoms with van der Waals surface area (Å²) in [7, 11) is 0. The first-order valence-corrected chi connectivity index (χ1v) is 7.31. The molecule has 0 bridgehead atoms. The fourth-order valence-corrected chi connectivity index (χ4v) is 3.14. The van der Waals surface area contributed by atoms with Crippen molar-refractivity contribution in [2.45, 2.75) is 5.92 Å². The van der Waals surface area contributed by atoms with Crippen molar-refractivity contribution in [1.29, 1.82) is 0 Å². The molecule has 1 aliphatic heterocycles. The number of allylic oxidation sites excluding steroid dienone is 1. The summed E-state index contributed by atoms with van der Waals surface area (Å²) in [6, 6.07) is 14.5. The molecular weight excluding hydrogens is 314 g/mol. The van der Waals surface area contributed by atoms with Crippen molar-refractivity contribution in [3.05, 3.63) is 76.6 Å². The fourth-order valence-electron chi connectivity index (χ4n) is 2.78. The Morgan fingerprint density at radius 1 is 1.05 bits per heavy atom. The smallest absolute Gasteiger partial charge is 0.130 e. The van der Waals surface area contributed by atoms with Gasteiger partial charge in [0.25, 0.3) is 0 Å².